The van der Waals surface area contributed by atoms with Crippen molar-refractivity contribution in [2.24, 2.45) is 5.92 Å². The normalized spacial score (nSPS) is 18.1. The molecular weight excluding hydrogens is 348 g/mol. The van der Waals surface area contributed by atoms with Crippen LogP contribution in [0.5, 0.6) is 5.75 Å². The molecule has 0 saturated carbocycles. The molecule has 0 bridgehead atoms. The van der Waals surface area contributed by atoms with E-state index in [1.54, 1.807) is 7.11 Å². The van der Waals surface area contributed by atoms with E-state index in [9.17, 15) is 0 Å². The molecule has 1 saturated heterocycles. The highest BCUT2D eigenvalue weighted by Gasteiger charge is 2.21. The van der Waals surface area contributed by atoms with Gasteiger partial charge in [-0.1, -0.05) is 18.2 Å². The van der Waals surface area contributed by atoms with Crippen LogP contribution in [0.25, 0.3) is 0 Å². The molecule has 1 aliphatic heterocycles. The van der Waals surface area contributed by atoms with Gasteiger partial charge in [0.05, 0.1) is 13.3 Å². The first-order valence-electron chi connectivity index (χ1n) is 10.6. The van der Waals surface area contributed by atoms with Gasteiger partial charge in [0, 0.05) is 44.0 Å². The Morgan fingerprint density at radius 2 is 2.11 bits per heavy atom. The molecule has 0 amide bonds. The zero-order valence-corrected chi connectivity index (χ0v) is 18.0. The van der Waals surface area contributed by atoms with Crippen molar-refractivity contribution in [2.45, 2.75) is 45.7 Å². The van der Waals surface area contributed by atoms with Crippen molar-refractivity contribution in [1.29, 1.82) is 0 Å². The lowest BCUT2D eigenvalue weighted by molar-refractivity contribution is 0.142. The molecule has 3 rings (SSSR count). The van der Waals surface area contributed by atoms with E-state index in [1.165, 1.54) is 37.1 Å². The Balaban J connectivity index is 1.46. The second-order valence-corrected chi connectivity index (χ2v) is 8.49. The van der Waals surface area contributed by atoms with Gasteiger partial charge in [-0.2, -0.15) is 5.10 Å². The van der Waals surface area contributed by atoms with Crippen LogP contribution in [0.1, 0.15) is 43.9 Å². The molecule has 1 atom stereocenters. The Kier molecular flexibility index (Phi) is 7.51. The summed E-state index contributed by atoms with van der Waals surface area (Å²) in [6, 6.07) is 8.82. The summed E-state index contributed by atoms with van der Waals surface area (Å²) in [5.74, 6) is 1.76. The van der Waals surface area contributed by atoms with Gasteiger partial charge in [0.2, 0.25) is 0 Å². The summed E-state index contributed by atoms with van der Waals surface area (Å²) in [5, 5.41) is 4.47. The van der Waals surface area contributed by atoms with Crippen LogP contribution < -0.4 is 4.74 Å². The highest BCUT2D eigenvalue weighted by molar-refractivity contribution is 5.33. The predicted molar refractivity (Wildman–Crippen MR) is 115 cm³/mol. The highest BCUT2D eigenvalue weighted by Crippen LogP contribution is 2.21. The first-order valence-corrected chi connectivity index (χ1v) is 10.6. The minimum atomic E-state index is 0.425. The average Bonchev–Trinajstić information content (AvgIpc) is 3.15. The Hall–Kier alpha value is -1.85. The predicted octanol–water partition coefficient (Wildman–Crippen LogP) is 3.86. The van der Waals surface area contributed by atoms with Gasteiger partial charge in [-0.25, -0.2) is 0 Å². The molecule has 0 aliphatic carbocycles. The van der Waals surface area contributed by atoms with E-state index in [4.69, 9.17) is 4.74 Å². The molecule has 1 aromatic carbocycles. The summed E-state index contributed by atoms with van der Waals surface area (Å²) >= 11 is 0. The van der Waals surface area contributed by atoms with Crippen molar-refractivity contribution in [3.05, 3.63) is 47.8 Å². The minimum absolute atomic E-state index is 0.425. The average molecular weight is 385 g/mol. The summed E-state index contributed by atoms with van der Waals surface area (Å²) in [5.41, 5.74) is 2.62. The summed E-state index contributed by atoms with van der Waals surface area (Å²) < 4.78 is 7.54. The third-order valence-corrected chi connectivity index (χ3v) is 5.70. The lowest BCUT2D eigenvalue weighted by Gasteiger charge is -2.34. The maximum atomic E-state index is 5.50. The summed E-state index contributed by atoms with van der Waals surface area (Å²) in [7, 11) is 4.00. The minimum Gasteiger partial charge on any atom is -0.496 e. The van der Waals surface area contributed by atoms with E-state index in [0.29, 0.717) is 6.04 Å². The zero-order valence-electron chi connectivity index (χ0n) is 18.0. The number of ether oxygens (including phenoxy) is 1. The molecule has 0 unspecified atom stereocenters. The number of likely N-dealkylation sites (tertiary alicyclic amines) is 1. The largest absolute Gasteiger partial charge is 0.496 e. The Bertz CT molecular complexity index is 727. The molecule has 0 N–H and O–H groups in total. The van der Waals surface area contributed by atoms with Crippen molar-refractivity contribution in [3.8, 4) is 5.75 Å². The van der Waals surface area contributed by atoms with Gasteiger partial charge in [0.25, 0.3) is 0 Å². The molecule has 5 heteroatoms. The maximum Gasteiger partial charge on any atom is 0.122 e. The molecule has 154 valence electrons. The van der Waals surface area contributed by atoms with Gasteiger partial charge in [0.15, 0.2) is 0 Å². The van der Waals surface area contributed by atoms with Gasteiger partial charge < -0.3 is 14.5 Å². The van der Waals surface area contributed by atoms with E-state index in [2.05, 4.69) is 60.2 Å². The number of benzene rings is 1. The number of hydrogen-bond acceptors (Lipinski definition) is 4. The molecule has 1 aromatic heterocycles. The highest BCUT2D eigenvalue weighted by atomic mass is 16.5. The molecule has 2 aromatic rings. The van der Waals surface area contributed by atoms with Crippen LogP contribution in [-0.4, -0.2) is 59.9 Å². The third kappa shape index (κ3) is 5.82. The van der Waals surface area contributed by atoms with Crippen molar-refractivity contribution in [2.75, 3.05) is 40.3 Å². The van der Waals surface area contributed by atoms with Crippen LogP contribution >= 0.6 is 0 Å². The van der Waals surface area contributed by atoms with Crippen LogP contribution in [0.3, 0.4) is 0 Å². The molecule has 1 fully saturated rings. The van der Waals surface area contributed by atoms with Crippen LogP contribution in [0, 0.1) is 5.92 Å². The van der Waals surface area contributed by atoms with Gasteiger partial charge in [-0.15, -0.1) is 0 Å². The number of para-hydroxylation sites is 1. The number of nitrogens with zero attached hydrogens (tertiary/aromatic N) is 4. The molecule has 2 heterocycles. The van der Waals surface area contributed by atoms with Crippen LogP contribution in [0.2, 0.25) is 0 Å². The second kappa shape index (κ2) is 10.1. The Labute approximate surface area is 170 Å². The van der Waals surface area contributed by atoms with E-state index < -0.39 is 0 Å². The first-order chi connectivity index (χ1) is 13.5. The van der Waals surface area contributed by atoms with Gasteiger partial charge in [0.1, 0.15) is 5.75 Å². The monoisotopic (exact) mass is 384 g/mol. The van der Waals surface area contributed by atoms with Crippen molar-refractivity contribution < 1.29 is 4.74 Å². The van der Waals surface area contributed by atoms with Crippen LogP contribution in [0.15, 0.2) is 36.7 Å². The molecule has 5 nitrogen and oxygen atoms in total. The van der Waals surface area contributed by atoms with Crippen LogP contribution in [-0.2, 0) is 13.0 Å². The number of piperidine rings is 1. The smallest absolute Gasteiger partial charge is 0.122 e. The fraction of sp³-hybridized carbons (Fsp3) is 0.609. The van der Waals surface area contributed by atoms with Gasteiger partial charge >= 0.3 is 0 Å². The standard InChI is InChI=1S/C23H36N4O/c1-19(2)27-18-21(14-24-27)16-25(3)15-20-8-7-12-26(17-20)13-11-22-9-5-6-10-23(22)28-4/h5-6,9-10,14,18-20H,7-8,11-13,15-17H2,1-4H3/t20-/m0/s1. The Morgan fingerprint density at radius 3 is 2.86 bits per heavy atom. The maximum absolute atomic E-state index is 5.50. The van der Waals surface area contributed by atoms with E-state index >= 15 is 0 Å². The van der Waals surface area contributed by atoms with Crippen molar-refractivity contribution in [1.82, 2.24) is 19.6 Å². The number of aromatic nitrogens is 2. The second-order valence-electron chi connectivity index (χ2n) is 8.49. The van der Waals surface area contributed by atoms with Crippen molar-refractivity contribution in [3.63, 3.8) is 0 Å². The molecule has 1 aliphatic rings. The first kappa shape index (κ1) is 20.9. The number of methoxy groups -OCH3 is 1. The summed E-state index contributed by atoms with van der Waals surface area (Å²) in [6.45, 7) is 10.00. The number of hydrogen-bond donors (Lipinski definition) is 0. The lowest BCUT2D eigenvalue weighted by Crippen LogP contribution is -2.40. The zero-order chi connectivity index (χ0) is 19.9. The van der Waals surface area contributed by atoms with Gasteiger partial charge in [-0.3, -0.25) is 4.68 Å². The van der Waals surface area contributed by atoms with Crippen LogP contribution in [0.4, 0.5) is 0 Å². The summed E-state index contributed by atoms with van der Waals surface area (Å²) in [6.07, 6.45) is 7.88. The Morgan fingerprint density at radius 1 is 1.29 bits per heavy atom. The molecule has 28 heavy (non-hydrogen) atoms. The number of rotatable bonds is 9. The fourth-order valence-corrected chi connectivity index (χ4v) is 4.25. The van der Waals surface area contributed by atoms with Crippen molar-refractivity contribution >= 4 is 0 Å². The van der Waals surface area contributed by atoms with E-state index in [1.807, 2.05) is 16.9 Å². The lowest BCUT2D eigenvalue weighted by atomic mass is 9.97. The summed E-state index contributed by atoms with van der Waals surface area (Å²) in [4.78, 5) is 5.08. The van der Waals surface area contributed by atoms with E-state index in [0.717, 1.165) is 37.7 Å². The quantitative estimate of drug-likeness (QED) is 0.657. The SMILES string of the molecule is COc1ccccc1CCN1CCC[C@@H](CN(C)Cc2cnn(C(C)C)c2)C1. The van der Waals surface area contributed by atoms with Gasteiger partial charge in [-0.05, 0) is 64.3 Å². The topological polar surface area (TPSA) is 33.5 Å². The molecule has 0 radical (unpaired) electrons. The fourth-order valence-electron chi connectivity index (χ4n) is 4.25. The third-order valence-electron chi connectivity index (χ3n) is 5.70. The molecule has 0 spiro atoms. The van der Waals surface area contributed by atoms with E-state index in [-0.39, 0.29) is 0 Å². The molecular formula is C23H36N4O.